The highest BCUT2D eigenvalue weighted by molar-refractivity contribution is 5.86. The van der Waals surface area contributed by atoms with E-state index in [0.717, 1.165) is 35.4 Å². The topological polar surface area (TPSA) is 88.6 Å². The van der Waals surface area contributed by atoms with Crippen molar-refractivity contribution in [3.63, 3.8) is 0 Å². The molecule has 2 aliphatic rings. The van der Waals surface area contributed by atoms with Crippen LogP contribution < -0.4 is 10.2 Å². The van der Waals surface area contributed by atoms with Gasteiger partial charge in [-0.1, -0.05) is 32.0 Å². The molecule has 0 radical (unpaired) electrons. The molecule has 6 rings (SSSR count). The molecule has 1 aliphatic carbocycles. The normalized spacial score (nSPS) is 24.3. The number of aromatic nitrogens is 4. The maximum atomic E-state index is 13.5. The lowest BCUT2D eigenvalue weighted by atomic mass is 9.47. The Balaban J connectivity index is 1.25. The first-order chi connectivity index (χ1) is 15.0. The Kier molecular flexibility index (Phi) is 3.73. The van der Waals surface area contributed by atoms with E-state index < -0.39 is 5.41 Å². The molecule has 1 aromatic carbocycles. The van der Waals surface area contributed by atoms with Gasteiger partial charge in [-0.05, 0) is 42.0 Å². The van der Waals surface area contributed by atoms with E-state index >= 15 is 0 Å². The number of nitrogens with zero attached hydrogens (tertiary/aromatic N) is 5. The fourth-order valence-electron chi connectivity index (χ4n) is 5.72. The number of amides is 1. The van der Waals surface area contributed by atoms with E-state index in [-0.39, 0.29) is 17.2 Å². The van der Waals surface area contributed by atoms with Crippen LogP contribution in [0.1, 0.15) is 26.0 Å². The molecule has 2 atom stereocenters. The lowest BCUT2D eigenvalue weighted by Gasteiger charge is -2.55. The van der Waals surface area contributed by atoms with Gasteiger partial charge in [0, 0.05) is 13.1 Å². The quantitative estimate of drug-likeness (QED) is 0.550. The second-order valence-corrected chi connectivity index (χ2v) is 9.45. The van der Waals surface area contributed by atoms with E-state index in [4.69, 9.17) is 4.42 Å². The van der Waals surface area contributed by atoms with E-state index in [1.54, 1.807) is 4.52 Å². The maximum absolute atomic E-state index is 13.5. The van der Waals surface area contributed by atoms with Gasteiger partial charge in [0.05, 0.1) is 17.7 Å². The van der Waals surface area contributed by atoms with Gasteiger partial charge in [0.2, 0.25) is 5.91 Å². The highest BCUT2D eigenvalue weighted by Gasteiger charge is 2.67. The predicted octanol–water partition coefficient (Wildman–Crippen LogP) is 3.04. The standard InChI is InChI=1S/C23H24N6O2/c1-22(2)12-23(20(30)24-10-15-6-5-9-19-25-14-26-29(15)19)13-28(11-18(22)23)21-27-16-7-3-4-8-17(16)31-21/h3-9,14,18H,10-13H2,1-2H3,(H,24,30)/t18-,23+/m1/s1. The van der Waals surface area contributed by atoms with E-state index in [0.29, 0.717) is 19.1 Å². The van der Waals surface area contributed by atoms with Gasteiger partial charge in [-0.25, -0.2) is 9.50 Å². The zero-order chi connectivity index (χ0) is 21.2. The number of pyridine rings is 1. The molecule has 0 spiro atoms. The number of nitrogens with one attached hydrogen (secondary N) is 1. The third kappa shape index (κ3) is 2.67. The minimum absolute atomic E-state index is 0.0903. The Hall–Kier alpha value is -3.42. The zero-order valence-corrected chi connectivity index (χ0v) is 17.6. The van der Waals surface area contributed by atoms with Crippen LogP contribution in [0, 0.1) is 16.7 Å². The number of carbonyl (C=O) groups is 1. The number of carbonyl (C=O) groups excluding carboxylic acids is 1. The van der Waals surface area contributed by atoms with Crippen molar-refractivity contribution in [2.45, 2.75) is 26.8 Å². The predicted molar refractivity (Wildman–Crippen MR) is 115 cm³/mol. The van der Waals surface area contributed by atoms with E-state index in [2.05, 4.69) is 39.1 Å². The van der Waals surface area contributed by atoms with Gasteiger partial charge in [-0.15, -0.1) is 0 Å². The van der Waals surface area contributed by atoms with Gasteiger partial charge in [0.15, 0.2) is 11.2 Å². The lowest BCUT2D eigenvalue weighted by molar-refractivity contribution is -0.152. The van der Waals surface area contributed by atoms with Gasteiger partial charge in [0.25, 0.3) is 6.01 Å². The van der Waals surface area contributed by atoms with Crippen molar-refractivity contribution in [3.8, 4) is 0 Å². The number of rotatable bonds is 4. The van der Waals surface area contributed by atoms with Crippen molar-refractivity contribution in [1.82, 2.24) is 24.9 Å². The summed E-state index contributed by atoms with van der Waals surface area (Å²) in [4.78, 5) is 24.5. The number of oxazole rings is 1. The second kappa shape index (κ2) is 6.29. The summed E-state index contributed by atoms with van der Waals surface area (Å²) in [6, 6.07) is 14.2. The van der Waals surface area contributed by atoms with Crippen LogP contribution in [0.5, 0.6) is 0 Å². The average molecular weight is 416 g/mol. The minimum atomic E-state index is -0.430. The number of hydrogen-bond donors (Lipinski definition) is 1. The molecule has 1 aliphatic heterocycles. The zero-order valence-electron chi connectivity index (χ0n) is 17.6. The van der Waals surface area contributed by atoms with Crippen LogP contribution in [0.3, 0.4) is 0 Å². The molecule has 0 bridgehead atoms. The van der Waals surface area contributed by atoms with Gasteiger partial charge in [-0.2, -0.15) is 10.1 Å². The van der Waals surface area contributed by atoms with Crippen molar-refractivity contribution in [2.24, 2.45) is 16.7 Å². The first kappa shape index (κ1) is 18.4. The van der Waals surface area contributed by atoms with Crippen LogP contribution in [-0.2, 0) is 11.3 Å². The molecule has 158 valence electrons. The summed E-state index contributed by atoms with van der Waals surface area (Å²) in [5.74, 6) is 0.338. The van der Waals surface area contributed by atoms with Crippen molar-refractivity contribution < 1.29 is 9.21 Å². The van der Waals surface area contributed by atoms with Crippen molar-refractivity contribution in [1.29, 1.82) is 0 Å². The Labute approximate surface area is 179 Å². The Bertz CT molecular complexity index is 1270. The number of para-hydroxylation sites is 2. The van der Waals surface area contributed by atoms with E-state index in [9.17, 15) is 4.79 Å². The average Bonchev–Trinajstić information content (AvgIpc) is 3.47. The molecular formula is C23H24N6O2. The number of hydrogen-bond acceptors (Lipinski definition) is 6. The maximum Gasteiger partial charge on any atom is 0.298 e. The van der Waals surface area contributed by atoms with Crippen LogP contribution in [0.25, 0.3) is 16.7 Å². The number of anilines is 1. The van der Waals surface area contributed by atoms with Crippen LogP contribution in [0.15, 0.2) is 53.2 Å². The van der Waals surface area contributed by atoms with Crippen molar-refractivity contribution in [2.75, 3.05) is 18.0 Å². The first-order valence-electron chi connectivity index (χ1n) is 10.6. The molecule has 8 nitrogen and oxygen atoms in total. The SMILES string of the molecule is CC1(C)C[C@]2(C(=O)NCc3cccc4ncnn34)CN(c3nc4ccccc4o3)C[C@H]12. The summed E-state index contributed by atoms with van der Waals surface area (Å²) < 4.78 is 7.77. The monoisotopic (exact) mass is 416 g/mol. The fraction of sp³-hybridized carbons (Fsp3) is 0.391. The molecule has 1 saturated heterocycles. The van der Waals surface area contributed by atoms with E-state index in [1.807, 2.05) is 42.5 Å². The highest BCUT2D eigenvalue weighted by atomic mass is 16.4. The summed E-state index contributed by atoms with van der Waals surface area (Å²) in [6.45, 7) is 6.29. The van der Waals surface area contributed by atoms with Crippen LogP contribution >= 0.6 is 0 Å². The Morgan fingerprint density at radius 2 is 2.10 bits per heavy atom. The third-order valence-corrected chi connectivity index (χ3v) is 7.07. The van der Waals surface area contributed by atoms with Gasteiger partial charge >= 0.3 is 0 Å². The summed E-state index contributed by atoms with van der Waals surface area (Å²) in [7, 11) is 0. The van der Waals surface area contributed by atoms with Crippen molar-refractivity contribution in [3.05, 3.63) is 54.5 Å². The molecule has 1 amide bonds. The molecule has 1 saturated carbocycles. The van der Waals surface area contributed by atoms with Gasteiger partial charge in [-0.3, -0.25) is 4.79 Å². The first-order valence-corrected chi connectivity index (χ1v) is 10.6. The highest BCUT2D eigenvalue weighted by Crippen LogP contribution is 2.63. The largest absolute Gasteiger partial charge is 0.423 e. The molecule has 31 heavy (non-hydrogen) atoms. The Morgan fingerprint density at radius 1 is 1.23 bits per heavy atom. The molecule has 0 unspecified atom stereocenters. The molecule has 3 aromatic heterocycles. The molecular weight excluding hydrogens is 392 g/mol. The van der Waals surface area contributed by atoms with Crippen LogP contribution in [0.2, 0.25) is 0 Å². The molecule has 8 heteroatoms. The molecule has 2 fully saturated rings. The molecule has 1 N–H and O–H groups in total. The smallest absolute Gasteiger partial charge is 0.298 e. The summed E-state index contributed by atoms with van der Waals surface area (Å²) in [6.07, 6.45) is 2.37. The third-order valence-electron chi connectivity index (χ3n) is 7.07. The number of benzene rings is 1. The van der Waals surface area contributed by atoms with Gasteiger partial charge in [0.1, 0.15) is 11.8 Å². The van der Waals surface area contributed by atoms with Crippen LogP contribution in [0.4, 0.5) is 6.01 Å². The fourth-order valence-corrected chi connectivity index (χ4v) is 5.72. The second-order valence-electron chi connectivity index (χ2n) is 9.45. The molecule has 4 heterocycles. The Morgan fingerprint density at radius 3 is 2.94 bits per heavy atom. The summed E-state index contributed by atoms with van der Waals surface area (Å²) in [5, 5.41) is 7.44. The molecule has 4 aromatic rings. The van der Waals surface area contributed by atoms with E-state index in [1.165, 1.54) is 6.33 Å². The van der Waals surface area contributed by atoms with Crippen LogP contribution in [-0.4, -0.2) is 38.6 Å². The van der Waals surface area contributed by atoms with Crippen molar-refractivity contribution >= 4 is 28.7 Å². The lowest BCUT2D eigenvalue weighted by Crippen LogP contribution is -2.60. The number of fused-ring (bicyclic) bond motifs is 3. The summed E-state index contributed by atoms with van der Waals surface area (Å²) >= 11 is 0. The minimum Gasteiger partial charge on any atom is -0.423 e. The van der Waals surface area contributed by atoms with Gasteiger partial charge < -0.3 is 14.6 Å². The summed E-state index contributed by atoms with van der Waals surface area (Å²) in [5.41, 5.74) is 2.97.